The number of benzene rings is 1. The van der Waals surface area contributed by atoms with Gasteiger partial charge < -0.3 is 19.9 Å². The molecule has 1 aromatic rings. The van der Waals surface area contributed by atoms with E-state index >= 15 is 0 Å². The molecule has 27 heavy (non-hydrogen) atoms. The van der Waals surface area contributed by atoms with Gasteiger partial charge in [-0.2, -0.15) is 0 Å². The lowest BCUT2D eigenvalue weighted by Crippen LogP contribution is -2.48. The molecule has 0 saturated carbocycles. The Bertz CT molecular complexity index is 813. The van der Waals surface area contributed by atoms with Crippen molar-refractivity contribution in [2.24, 2.45) is 0 Å². The van der Waals surface area contributed by atoms with Gasteiger partial charge in [0.05, 0.1) is 23.6 Å². The second-order valence-electron chi connectivity index (χ2n) is 6.66. The van der Waals surface area contributed by atoms with Gasteiger partial charge in [-0.3, -0.25) is 9.59 Å². The van der Waals surface area contributed by atoms with Gasteiger partial charge in [-0.1, -0.05) is 11.6 Å². The highest BCUT2D eigenvalue weighted by atomic mass is 35.5. The standard InChI is InChI=1S/C17H24ClN3O5S/c1-20(2)7-8-21(13-6-9-27(24,25)11-13)17(23)16(22)19-12-4-5-15(26-3)14(18)10-12/h4-5,10,13H,6-9,11H2,1-3H3,(H,19,22). The third-order valence-electron chi connectivity index (χ3n) is 4.30. The number of likely N-dealkylation sites (N-methyl/N-ethyl adjacent to an activating group) is 1. The van der Waals surface area contributed by atoms with Crippen LogP contribution in [0.15, 0.2) is 18.2 Å². The van der Waals surface area contributed by atoms with E-state index < -0.39 is 27.7 Å². The number of hydrogen-bond donors (Lipinski definition) is 1. The second-order valence-corrected chi connectivity index (χ2v) is 9.30. The molecule has 1 aliphatic rings. The molecular weight excluding hydrogens is 394 g/mol. The van der Waals surface area contributed by atoms with Gasteiger partial charge in [0.25, 0.3) is 0 Å². The number of rotatable bonds is 6. The maximum atomic E-state index is 12.7. The van der Waals surface area contributed by atoms with Gasteiger partial charge in [0, 0.05) is 24.8 Å². The number of carbonyl (C=O) groups excluding carboxylic acids is 2. The monoisotopic (exact) mass is 417 g/mol. The minimum atomic E-state index is -3.18. The maximum Gasteiger partial charge on any atom is 0.313 e. The van der Waals surface area contributed by atoms with Crippen LogP contribution in [0.2, 0.25) is 5.02 Å². The Kier molecular flexibility index (Phi) is 7.07. The van der Waals surface area contributed by atoms with Gasteiger partial charge in [0.1, 0.15) is 5.75 Å². The van der Waals surface area contributed by atoms with Crippen molar-refractivity contribution in [1.82, 2.24) is 9.80 Å². The average molecular weight is 418 g/mol. The van der Waals surface area contributed by atoms with Gasteiger partial charge in [0.15, 0.2) is 9.84 Å². The molecule has 8 nitrogen and oxygen atoms in total. The van der Waals surface area contributed by atoms with Crippen LogP contribution < -0.4 is 10.1 Å². The molecule has 0 radical (unpaired) electrons. The fourth-order valence-electron chi connectivity index (χ4n) is 2.84. The van der Waals surface area contributed by atoms with Crippen LogP contribution in [0.5, 0.6) is 5.75 Å². The van der Waals surface area contributed by atoms with E-state index in [1.54, 1.807) is 12.1 Å². The van der Waals surface area contributed by atoms with E-state index in [1.807, 2.05) is 19.0 Å². The topological polar surface area (TPSA) is 96.0 Å². The smallest absolute Gasteiger partial charge is 0.313 e. The number of methoxy groups -OCH3 is 1. The summed E-state index contributed by atoms with van der Waals surface area (Å²) in [6.45, 7) is 0.784. The molecule has 0 spiro atoms. The summed E-state index contributed by atoms with van der Waals surface area (Å²) < 4.78 is 28.6. The van der Waals surface area contributed by atoms with Crippen LogP contribution in [0.4, 0.5) is 5.69 Å². The molecule has 2 rings (SSSR count). The van der Waals surface area contributed by atoms with Crippen LogP contribution in [-0.4, -0.2) is 81.9 Å². The first-order valence-electron chi connectivity index (χ1n) is 8.43. The number of halogens is 1. The summed E-state index contributed by atoms with van der Waals surface area (Å²) in [4.78, 5) is 28.4. The molecular formula is C17H24ClN3O5S. The summed E-state index contributed by atoms with van der Waals surface area (Å²) >= 11 is 6.03. The molecule has 1 N–H and O–H groups in total. The Hall–Kier alpha value is -1.84. The number of nitrogens with one attached hydrogen (secondary N) is 1. The lowest BCUT2D eigenvalue weighted by Gasteiger charge is -2.28. The number of hydrogen-bond acceptors (Lipinski definition) is 6. The van der Waals surface area contributed by atoms with Gasteiger partial charge in [-0.25, -0.2) is 8.42 Å². The summed E-state index contributed by atoms with van der Waals surface area (Å²) in [5.41, 5.74) is 0.353. The Balaban J connectivity index is 2.13. The van der Waals surface area contributed by atoms with Crippen LogP contribution in [0, 0.1) is 0 Å². The van der Waals surface area contributed by atoms with Gasteiger partial charge >= 0.3 is 11.8 Å². The molecule has 2 amide bonds. The summed E-state index contributed by atoms with van der Waals surface area (Å²) in [6.07, 6.45) is 0.336. The quantitative estimate of drug-likeness (QED) is 0.690. The van der Waals surface area contributed by atoms with Gasteiger partial charge in [0.2, 0.25) is 0 Å². The molecule has 1 atom stereocenters. The Labute approximate surface area is 164 Å². The Morgan fingerprint density at radius 2 is 2.00 bits per heavy atom. The minimum absolute atomic E-state index is 0.0269. The van der Waals surface area contributed by atoms with Crippen molar-refractivity contribution in [2.75, 3.05) is 51.1 Å². The van der Waals surface area contributed by atoms with Crippen molar-refractivity contribution < 1.29 is 22.7 Å². The zero-order valence-corrected chi connectivity index (χ0v) is 17.1. The van der Waals surface area contributed by atoms with Crippen molar-refractivity contribution in [3.63, 3.8) is 0 Å². The summed E-state index contributed by atoms with van der Waals surface area (Å²) in [7, 11) is 1.97. The number of anilines is 1. The van der Waals surface area contributed by atoms with Crippen molar-refractivity contribution in [3.05, 3.63) is 23.2 Å². The SMILES string of the molecule is COc1ccc(NC(=O)C(=O)N(CCN(C)C)C2CCS(=O)(=O)C2)cc1Cl. The highest BCUT2D eigenvalue weighted by Crippen LogP contribution is 2.27. The highest BCUT2D eigenvalue weighted by molar-refractivity contribution is 7.91. The van der Waals surface area contributed by atoms with E-state index in [1.165, 1.54) is 18.1 Å². The third kappa shape index (κ3) is 5.82. The first kappa shape index (κ1) is 21.5. The molecule has 0 aromatic heterocycles. The number of ether oxygens (including phenoxy) is 1. The molecule has 1 saturated heterocycles. The minimum Gasteiger partial charge on any atom is -0.495 e. The fraction of sp³-hybridized carbons (Fsp3) is 0.529. The Morgan fingerprint density at radius 1 is 1.30 bits per heavy atom. The van der Waals surface area contributed by atoms with Crippen molar-refractivity contribution in [1.29, 1.82) is 0 Å². The van der Waals surface area contributed by atoms with E-state index in [-0.39, 0.29) is 18.1 Å². The number of amides is 2. The number of carbonyl (C=O) groups is 2. The van der Waals surface area contributed by atoms with Crippen LogP contribution in [0.3, 0.4) is 0 Å². The first-order valence-corrected chi connectivity index (χ1v) is 10.6. The van der Waals surface area contributed by atoms with Crippen LogP contribution in [-0.2, 0) is 19.4 Å². The van der Waals surface area contributed by atoms with Crippen molar-refractivity contribution in [3.8, 4) is 5.75 Å². The predicted octanol–water partition coefficient (Wildman–Crippen LogP) is 0.864. The number of sulfone groups is 1. The molecule has 150 valence electrons. The summed E-state index contributed by atoms with van der Waals surface area (Å²) in [6, 6.07) is 4.14. The van der Waals surface area contributed by atoms with Gasteiger partial charge in [-0.15, -0.1) is 0 Å². The van der Waals surface area contributed by atoms with E-state index in [0.29, 0.717) is 29.4 Å². The molecule has 0 aliphatic carbocycles. The molecule has 1 aromatic carbocycles. The zero-order valence-electron chi connectivity index (χ0n) is 15.6. The second kappa shape index (κ2) is 8.90. The molecule has 1 heterocycles. The lowest BCUT2D eigenvalue weighted by molar-refractivity contribution is -0.144. The molecule has 1 unspecified atom stereocenters. The maximum absolute atomic E-state index is 12.7. The lowest BCUT2D eigenvalue weighted by atomic mass is 10.2. The fourth-order valence-corrected chi connectivity index (χ4v) is 4.83. The van der Waals surface area contributed by atoms with Crippen LogP contribution in [0.25, 0.3) is 0 Å². The van der Waals surface area contributed by atoms with Crippen LogP contribution >= 0.6 is 11.6 Å². The first-order chi connectivity index (χ1) is 12.6. The van der Waals surface area contributed by atoms with Gasteiger partial charge in [-0.05, 0) is 38.7 Å². The zero-order chi connectivity index (χ0) is 20.2. The predicted molar refractivity (Wildman–Crippen MR) is 104 cm³/mol. The third-order valence-corrected chi connectivity index (χ3v) is 6.35. The van der Waals surface area contributed by atoms with Crippen molar-refractivity contribution >= 4 is 38.9 Å². The normalized spacial score (nSPS) is 18.3. The largest absolute Gasteiger partial charge is 0.495 e. The highest BCUT2D eigenvalue weighted by Gasteiger charge is 2.36. The molecule has 1 fully saturated rings. The van der Waals surface area contributed by atoms with E-state index in [4.69, 9.17) is 16.3 Å². The Morgan fingerprint density at radius 3 is 2.52 bits per heavy atom. The summed E-state index contributed by atoms with van der Waals surface area (Å²) in [5.74, 6) is -1.23. The van der Waals surface area contributed by atoms with E-state index in [2.05, 4.69) is 5.32 Å². The summed E-state index contributed by atoms with van der Waals surface area (Å²) in [5, 5.41) is 2.81. The van der Waals surface area contributed by atoms with Crippen LogP contribution in [0.1, 0.15) is 6.42 Å². The van der Waals surface area contributed by atoms with E-state index in [0.717, 1.165) is 0 Å². The molecule has 10 heteroatoms. The van der Waals surface area contributed by atoms with E-state index in [9.17, 15) is 18.0 Å². The van der Waals surface area contributed by atoms with Crippen molar-refractivity contribution in [2.45, 2.75) is 12.5 Å². The molecule has 0 bridgehead atoms. The average Bonchev–Trinajstić information content (AvgIpc) is 2.94. The molecule has 1 aliphatic heterocycles. The number of nitrogens with zero attached hydrogens (tertiary/aromatic N) is 2.